The van der Waals surface area contributed by atoms with Gasteiger partial charge in [-0.2, -0.15) is 0 Å². The van der Waals surface area contributed by atoms with Gasteiger partial charge in [-0.15, -0.1) is 0 Å². The number of ether oxygens (including phenoxy) is 1. The van der Waals surface area contributed by atoms with Gasteiger partial charge in [-0.3, -0.25) is 9.59 Å². The lowest BCUT2D eigenvalue weighted by Crippen LogP contribution is -2.10. The molecule has 0 aromatic heterocycles. The molecule has 0 radical (unpaired) electrons. The third kappa shape index (κ3) is 4.26. The standard InChI is InChI=1S/C14H17BrO3/c1-3-18-14(17)9-12-8-11(5-4-10(12)2)13(16)6-7-15/h4-5,8H,3,6-7,9H2,1-2H3. The molecule has 1 rings (SSSR count). The molecule has 0 unspecified atom stereocenters. The summed E-state index contributed by atoms with van der Waals surface area (Å²) in [6.45, 7) is 4.08. The van der Waals surface area contributed by atoms with E-state index in [1.54, 1.807) is 19.1 Å². The van der Waals surface area contributed by atoms with Crippen molar-refractivity contribution in [3.63, 3.8) is 0 Å². The molecular weight excluding hydrogens is 296 g/mol. The fourth-order valence-corrected chi connectivity index (χ4v) is 1.99. The molecule has 3 nitrogen and oxygen atoms in total. The summed E-state index contributed by atoms with van der Waals surface area (Å²) in [4.78, 5) is 23.2. The molecule has 0 amide bonds. The molecule has 1 aromatic carbocycles. The number of carbonyl (C=O) groups excluding carboxylic acids is 2. The normalized spacial score (nSPS) is 10.2. The van der Waals surface area contributed by atoms with Crippen molar-refractivity contribution in [3.05, 3.63) is 34.9 Å². The summed E-state index contributed by atoms with van der Waals surface area (Å²) >= 11 is 3.25. The van der Waals surface area contributed by atoms with E-state index in [1.165, 1.54) is 0 Å². The van der Waals surface area contributed by atoms with Crippen LogP contribution in [0.2, 0.25) is 0 Å². The van der Waals surface area contributed by atoms with E-state index in [2.05, 4.69) is 15.9 Å². The minimum absolute atomic E-state index is 0.0805. The van der Waals surface area contributed by atoms with Crippen LogP contribution in [-0.2, 0) is 16.0 Å². The summed E-state index contributed by atoms with van der Waals surface area (Å²) in [5.74, 6) is -0.178. The topological polar surface area (TPSA) is 43.4 Å². The summed E-state index contributed by atoms with van der Waals surface area (Å²) in [5.41, 5.74) is 2.51. The molecule has 0 bridgehead atoms. The summed E-state index contributed by atoms with van der Waals surface area (Å²) < 4.78 is 4.92. The number of benzene rings is 1. The summed E-state index contributed by atoms with van der Waals surface area (Å²) in [7, 11) is 0. The molecule has 0 saturated carbocycles. The summed E-state index contributed by atoms with van der Waals surface area (Å²) in [5, 5.41) is 0.646. The molecule has 4 heteroatoms. The fraction of sp³-hybridized carbons (Fsp3) is 0.429. The Morgan fingerprint density at radius 1 is 1.33 bits per heavy atom. The Morgan fingerprint density at radius 2 is 2.06 bits per heavy atom. The summed E-state index contributed by atoms with van der Waals surface area (Å²) in [6, 6.07) is 5.46. The van der Waals surface area contributed by atoms with Crippen molar-refractivity contribution in [1.82, 2.24) is 0 Å². The Kier molecular flexibility index (Phi) is 6.05. The first kappa shape index (κ1) is 14.9. The molecule has 0 aliphatic rings. The Balaban J connectivity index is 2.87. The van der Waals surface area contributed by atoms with Gasteiger partial charge in [0.05, 0.1) is 13.0 Å². The van der Waals surface area contributed by atoms with Gasteiger partial charge in [0.25, 0.3) is 0 Å². The van der Waals surface area contributed by atoms with Gasteiger partial charge in [-0.05, 0) is 31.0 Å². The third-order valence-electron chi connectivity index (χ3n) is 2.63. The second kappa shape index (κ2) is 7.31. The van der Waals surface area contributed by atoms with Crippen LogP contribution in [0, 0.1) is 6.92 Å². The average molecular weight is 313 g/mol. The predicted molar refractivity (Wildman–Crippen MR) is 74.3 cm³/mol. The molecule has 0 N–H and O–H groups in total. The van der Waals surface area contributed by atoms with Crippen molar-refractivity contribution >= 4 is 27.7 Å². The van der Waals surface area contributed by atoms with Crippen LogP contribution in [0.4, 0.5) is 0 Å². The van der Waals surface area contributed by atoms with Crippen molar-refractivity contribution in [2.45, 2.75) is 26.7 Å². The SMILES string of the molecule is CCOC(=O)Cc1cc(C(=O)CCBr)ccc1C. The van der Waals surface area contributed by atoms with E-state index in [0.29, 0.717) is 23.9 Å². The van der Waals surface area contributed by atoms with Crippen LogP contribution in [0.15, 0.2) is 18.2 Å². The predicted octanol–water partition coefficient (Wildman–Crippen LogP) is 3.07. The maximum atomic E-state index is 11.8. The smallest absolute Gasteiger partial charge is 0.310 e. The molecule has 0 fully saturated rings. The first-order chi connectivity index (χ1) is 8.58. The van der Waals surface area contributed by atoms with Gasteiger partial charge in [0.2, 0.25) is 0 Å². The zero-order valence-electron chi connectivity index (χ0n) is 10.7. The second-order valence-electron chi connectivity index (χ2n) is 3.99. The van der Waals surface area contributed by atoms with E-state index in [1.807, 2.05) is 13.0 Å². The van der Waals surface area contributed by atoms with Gasteiger partial charge < -0.3 is 4.74 Å². The van der Waals surface area contributed by atoms with E-state index in [4.69, 9.17) is 4.74 Å². The number of Topliss-reactive ketones (excluding diaryl/α,β-unsaturated/α-hetero) is 1. The molecule has 98 valence electrons. The van der Waals surface area contributed by atoms with Crippen molar-refractivity contribution in [2.24, 2.45) is 0 Å². The van der Waals surface area contributed by atoms with Crippen LogP contribution in [0.25, 0.3) is 0 Å². The number of hydrogen-bond donors (Lipinski definition) is 0. The van der Waals surface area contributed by atoms with Crippen LogP contribution in [0.5, 0.6) is 0 Å². The number of esters is 1. The van der Waals surface area contributed by atoms with Crippen LogP contribution in [0.1, 0.15) is 34.8 Å². The van der Waals surface area contributed by atoms with E-state index < -0.39 is 0 Å². The maximum absolute atomic E-state index is 11.8. The number of ketones is 1. The second-order valence-corrected chi connectivity index (χ2v) is 4.78. The Hall–Kier alpha value is -1.16. The Labute approximate surface area is 116 Å². The average Bonchev–Trinajstić information content (AvgIpc) is 2.32. The van der Waals surface area contributed by atoms with Crippen LogP contribution < -0.4 is 0 Å². The van der Waals surface area contributed by atoms with Gasteiger partial charge in [-0.1, -0.05) is 28.1 Å². The molecule has 1 aromatic rings. The molecule has 0 spiro atoms. The van der Waals surface area contributed by atoms with E-state index >= 15 is 0 Å². The van der Waals surface area contributed by atoms with Crippen molar-refractivity contribution in [1.29, 1.82) is 0 Å². The van der Waals surface area contributed by atoms with Gasteiger partial charge in [-0.25, -0.2) is 0 Å². The number of halogens is 1. The first-order valence-electron chi connectivity index (χ1n) is 5.92. The molecular formula is C14H17BrO3. The molecule has 0 heterocycles. The van der Waals surface area contributed by atoms with Crippen LogP contribution in [0.3, 0.4) is 0 Å². The molecule has 18 heavy (non-hydrogen) atoms. The third-order valence-corrected chi connectivity index (χ3v) is 3.03. The zero-order valence-corrected chi connectivity index (χ0v) is 12.2. The highest BCUT2D eigenvalue weighted by atomic mass is 79.9. The molecule has 0 aliphatic carbocycles. The minimum atomic E-state index is -0.259. The Bertz CT molecular complexity index is 441. The first-order valence-corrected chi connectivity index (χ1v) is 7.05. The fourth-order valence-electron chi connectivity index (χ4n) is 1.63. The van der Waals surface area contributed by atoms with E-state index in [0.717, 1.165) is 11.1 Å². The summed E-state index contributed by atoms with van der Waals surface area (Å²) in [6.07, 6.45) is 0.678. The monoisotopic (exact) mass is 312 g/mol. The van der Waals surface area contributed by atoms with Gasteiger partial charge in [0.15, 0.2) is 5.78 Å². The molecule has 0 atom stereocenters. The largest absolute Gasteiger partial charge is 0.466 e. The number of rotatable bonds is 6. The van der Waals surface area contributed by atoms with Crippen molar-refractivity contribution in [2.75, 3.05) is 11.9 Å². The van der Waals surface area contributed by atoms with Gasteiger partial charge >= 0.3 is 5.97 Å². The number of carbonyl (C=O) groups is 2. The van der Waals surface area contributed by atoms with E-state index in [9.17, 15) is 9.59 Å². The molecule has 0 aliphatic heterocycles. The lowest BCUT2D eigenvalue weighted by molar-refractivity contribution is -0.142. The highest BCUT2D eigenvalue weighted by molar-refractivity contribution is 9.09. The van der Waals surface area contributed by atoms with E-state index in [-0.39, 0.29) is 18.2 Å². The van der Waals surface area contributed by atoms with Crippen molar-refractivity contribution in [3.8, 4) is 0 Å². The number of hydrogen-bond acceptors (Lipinski definition) is 3. The van der Waals surface area contributed by atoms with Crippen LogP contribution >= 0.6 is 15.9 Å². The minimum Gasteiger partial charge on any atom is -0.466 e. The highest BCUT2D eigenvalue weighted by Gasteiger charge is 2.11. The van der Waals surface area contributed by atoms with Crippen LogP contribution in [-0.4, -0.2) is 23.7 Å². The molecule has 0 saturated heterocycles. The van der Waals surface area contributed by atoms with Gasteiger partial charge in [0, 0.05) is 17.3 Å². The number of alkyl halides is 1. The van der Waals surface area contributed by atoms with Gasteiger partial charge in [0.1, 0.15) is 0 Å². The lowest BCUT2D eigenvalue weighted by atomic mass is 9.99. The zero-order chi connectivity index (χ0) is 13.5. The maximum Gasteiger partial charge on any atom is 0.310 e. The quantitative estimate of drug-likeness (QED) is 0.460. The Morgan fingerprint density at radius 3 is 2.67 bits per heavy atom. The highest BCUT2D eigenvalue weighted by Crippen LogP contribution is 2.14. The van der Waals surface area contributed by atoms with Crippen molar-refractivity contribution < 1.29 is 14.3 Å². The number of aryl methyl sites for hydroxylation is 1. The lowest BCUT2D eigenvalue weighted by Gasteiger charge is -2.08.